The van der Waals surface area contributed by atoms with Gasteiger partial charge in [-0.3, -0.25) is 9.59 Å². The molecule has 3 rings (SSSR count). The van der Waals surface area contributed by atoms with Crippen LogP contribution in [0.15, 0.2) is 71.7 Å². The van der Waals surface area contributed by atoms with Crippen LogP contribution in [0.1, 0.15) is 26.4 Å². The number of amides is 2. The van der Waals surface area contributed by atoms with E-state index in [0.29, 0.717) is 5.56 Å². The van der Waals surface area contributed by atoms with Crippen molar-refractivity contribution >= 4 is 34.9 Å². The van der Waals surface area contributed by atoms with Crippen LogP contribution in [0.5, 0.6) is 0 Å². The fourth-order valence-electron chi connectivity index (χ4n) is 2.60. The maximum Gasteiger partial charge on any atom is 0.272 e. The molecule has 0 fully saturated rings. The quantitative estimate of drug-likeness (QED) is 0.630. The fraction of sp³-hybridized carbons (Fsp3) is 0.0909. The summed E-state index contributed by atoms with van der Waals surface area (Å²) in [4.78, 5) is 26.3. The van der Waals surface area contributed by atoms with E-state index in [9.17, 15) is 9.59 Å². The third kappa shape index (κ3) is 4.92. The molecule has 0 bridgehead atoms. The number of rotatable bonds is 5. The molecule has 0 atom stereocenters. The highest BCUT2D eigenvalue weighted by atomic mass is 32.1. The predicted molar refractivity (Wildman–Crippen MR) is 111 cm³/mol. The highest BCUT2D eigenvalue weighted by Gasteiger charge is 2.16. The number of thiophene rings is 1. The highest BCUT2D eigenvalue weighted by molar-refractivity contribution is 7.10. The second kappa shape index (κ2) is 8.47. The van der Waals surface area contributed by atoms with Gasteiger partial charge in [0.05, 0.1) is 0 Å². The number of anilines is 1. The van der Waals surface area contributed by atoms with E-state index in [2.05, 4.69) is 10.6 Å². The fourth-order valence-corrected chi connectivity index (χ4v) is 3.26. The molecule has 0 aliphatic heterocycles. The van der Waals surface area contributed by atoms with Crippen LogP contribution in [0.4, 0.5) is 5.69 Å². The van der Waals surface area contributed by atoms with Crippen LogP contribution in [-0.2, 0) is 4.79 Å². The molecule has 1 heterocycles. The molecule has 0 aliphatic carbocycles. The van der Waals surface area contributed by atoms with E-state index in [0.717, 1.165) is 21.7 Å². The van der Waals surface area contributed by atoms with E-state index in [1.54, 1.807) is 30.3 Å². The summed E-state index contributed by atoms with van der Waals surface area (Å²) in [6.45, 7) is 3.94. The molecule has 0 spiro atoms. The minimum atomic E-state index is -0.361. The Morgan fingerprint density at radius 2 is 1.74 bits per heavy atom. The average molecular weight is 376 g/mol. The van der Waals surface area contributed by atoms with Crippen molar-refractivity contribution in [2.24, 2.45) is 0 Å². The number of hydrogen-bond acceptors (Lipinski definition) is 3. The molecule has 5 heteroatoms. The van der Waals surface area contributed by atoms with Gasteiger partial charge in [0.25, 0.3) is 11.8 Å². The van der Waals surface area contributed by atoms with Crippen molar-refractivity contribution in [2.75, 3.05) is 5.32 Å². The largest absolute Gasteiger partial charge is 0.320 e. The number of benzene rings is 2. The van der Waals surface area contributed by atoms with Gasteiger partial charge in [-0.15, -0.1) is 11.3 Å². The van der Waals surface area contributed by atoms with Crippen LogP contribution >= 0.6 is 11.3 Å². The summed E-state index contributed by atoms with van der Waals surface area (Å²) >= 11 is 1.50. The molecule has 4 nitrogen and oxygen atoms in total. The van der Waals surface area contributed by atoms with Gasteiger partial charge in [-0.1, -0.05) is 42.0 Å². The summed E-state index contributed by atoms with van der Waals surface area (Å²) in [5.74, 6) is -0.686. The molecule has 2 amide bonds. The molecule has 1 aromatic heterocycles. The summed E-state index contributed by atoms with van der Waals surface area (Å²) in [5.41, 5.74) is 3.50. The molecular weight excluding hydrogens is 356 g/mol. The number of nitrogens with one attached hydrogen (secondary N) is 2. The smallest absolute Gasteiger partial charge is 0.272 e. The number of aryl methyl sites for hydroxylation is 2. The lowest BCUT2D eigenvalue weighted by atomic mass is 10.1. The molecule has 0 unspecified atom stereocenters. The minimum Gasteiger partial charge on any atom is -0.320 e. The average Bonchev–Trinajstić information content (AvgIpc) is 3.17. The Balaban J connectivity index is 1.85. The van der Waals surface area contributed by atoms with Crippen molar-refractivity contribution in [1.29, 1.82) is 0 Å². The van der Waals surface area contributed by atoms with Gasteiger partial charge in [-0.25, -0.2) is 0 Å². The van der Waals surface area contributed by atoms with Crippen LogP contribution in [0, 0.1) is 13.8 Å². The first kappa shape index (κ1) is 18.6. The number of hydrogen-bond donors (Lipinski definition) is 2. The second-order valence-electron chi connectivity index (χ2n) is 6.17. The molecule has 3 aromatic rings. The summed E-state index contributed by atoms with van der Waals surface area (Å²) in [7, 11) is 0. The van der Waals surface area contributed by atoms with Crippen molar-refractivity contribution in [2.45, 2.75) is 13.8 Å². The van der Waals surface area contributed by atoms with Crippen LogP contribution in [0.2, 0.25) is 0 Å². The van der Waals surface area contributed by atoms with Crippen LogP contribution in [-0.4, -0.2) is 11.8 Å². The van der Waals surface area contributed by atoms with E-state index in [4.69, 9.17) is 0 Å². The Kier molecular flexibility index (Phi) is 5.84. The SMILES string of the molecule is Cc1ccc(NC(=O)/C(=C/c2cccs2)NC(=O)c2ccccc2)c(C)c1. The first-order valence-corrected chi connectivity index (χ1v) is 9.41. The van der Waals surface area contributed by atoms with Gasteiger partial charge in [0.2, 0.25) is 0 Å². The lowest BCUT2D eigenvalue weighted by molar-refractivity contribution is -0.113. The van der Waals surface area contributed by atoms with Gasteiger partial charge < -0.3 is 10.6 Å². The first-order chi connectivity index (χ1) is 13.0. The van der Waals surface area contributed by atoms with Crippen molar-refractivity contribution < 1.29 is 9.59 Å². The van der Waals surface area contributed by atoms with E-state index in [1.165, 1.54) is 11.3 Å². The van der Waals surface area contributed by atoms with E-state index in [1.807, 2.05) is 55.6 Å². The predicted octanol–water partition coefficient (Wildman–Crippen LogP) is 4.77. The Labute approximate surface area is 162 Å². The molecule has 0 radical (unpaired) electrons. The van der Waals surface area contributed by atoms with Crippen molar-refractivity contribution in [3.05, 3.63) is 93.3 Å². The van der Waals surface area contributed by atoms with Gasteiger partial charge in [0.15, 0.2) is 0 Å². The maximum absolute atomic E-state index is 12.9. The van der Waals surface area contributed by atoms with Gasteiger partial charge in [0.1, 0.15) is 5.70 Å². The summed E-state index contributed by atoms with van der Waals surface area (Å²) in [5, 5.41) is 7.55. The standard InChI is InChI=1S/C22H20N2O2S/c1-15-10-11-19(16(2)13-15)23-22(26)20(14-18-9-6-12-27-18)24-21(25)17-7-4-3-5-8-17/h3-14H,1-2H3,(H,23,26)(H,24,25)/b20-14-. The molecule has 27 heavy (non-hydrogen) atoms. The third-order valence-electron chi connectivity index (χ3n) is 3.99. The molecule has 0 saturated carbocycles. The molecule has 2 N–H and O–H groups in total. The van der Waals surface area contributed by atoms with Gasteiger partial charge in [0, 0.05) is 16.1 Å². The summed E-state index contributed by atoms with van der Waals surface area (Å²) in [6, 6.07) is 18.4. The normalized spacial score (nSPS) is 11.1. The summed E-state index contributed by atoms with van der Waals surface area (Å²) < 4.78 is 0. The zero-order chi connectivity index (χ0) is 19.2. The Bertz CT molecular complexity index is 977. The lowest BCUT2D eigenvalue weighted by Crippen LogP contribution is -2.30. The van der Waals surface area contributed by atoms with Gasteiger partial charge >= 0.3 is 0 Å². The molecule has 2 aromatic carbocycles. The number of carbonyl (C=O) groups is 2. The van der Waals surface area contributed by atoms with Crippen molar-refractivity contribution in [3.8, 4) is 0 Å². The van der Waals surface area contributed by atoms with Gasteiger partial charge in [-0.05, 0) is 55.1 Å². The third-order valence-corrected chi connectivity index (χ3v) is 4.81. The summed E-state index contributed by atoms with van der Waals surface area (Å²) in [6.07, 6.45) is 1.68. The zero-order valence-electron chi connectivity index (χ0n) is 15.2. The first-order valence-electron chi connectivity index (χ1n) is 8.53. The van der Waals surface area contributed by atoms with E-state index < -0.39 is 0 Å². The van der Waals surface area contributed by atoms with Crippen LogP contribution in [0.3, 0.4) is 0 Å². The Morgan fingerprint density at radius 3 is 2.41 bits per heavy atom. The Hall–Kier alpha value is -3.18. The molecule has 0 aliphatic rings. The molecule has 136 valence electrons. The number of carbonyl (C=O) groups excluding carboxylic acids is 2. The zero-order valence-corrected chi connectivity index (χ0v) is 16.0. The Morgan fingerprint density at radius 1 is 0.963 bits per heavy atom. The molecule has 0 saturated heterocycles. The lowest BCUT2D eigenvalue weighted by Gasteiger charge is -2.13. The minimum absolute atomic E-state index is 0.200. The van der Waals surface area contributed by atoms with E-state index in [-0.39, 0.29) is 17.5 Å². The highest BCUT2D eigenvalue weighted by Crippen LogP contribution is 2.18. The monoisotopic (exact) mass is 376 g/mol. The van der Waals surface area contributed by atoms with Gasteiger partial charge in [-0.2, -0.15) is 0 Å². The van der Waals surface area contributed by atoms with Crippen molar-refractivity contribution in [1.82, 2.24) is 5.32 Å². The second-order valence-corrected chi connectivity index (χ2v) is 7.15. The van der Waals surface area contributed by atoms with E-state index >= 15 is 0 Å². The van der Waals surface area contributed by atoms with Crippen LogP contribution < -0.4 is 10.6 Å². The van der Waals surface area contributed by atoms with Crippen LogP contribution in [0.25, 0.3) is 6.08 Å². The maximum atomic E-state index is 12.9. The topological polar surface area (TPSA) is 58.2 Å². The van der Waals surface area contributed by atoms with Crippen molar-refractivity contribution in [3.63, 3.8) is 0 Å². The molecular formula is C22H20N2O2S.